The Morgan fingerprint density at radius 1 is 1.57 bits per heavy atom. The van der Waals surface area contributed by atoms with Crippen LogP contribution >= 0.6 is 0 Å². The summed E-state index contributed by atoms with van der Waals surface area (Å²) in [6.45, 7) is 4.94. The minimum Gasteiger partial charge on any atom is -0.467 e. The highest BCUT2D eigenvalue weighted by atomic mass is 16.3. The molecule has 0 saturated carbocycles. The molecule has 0 fully saturated rings. The van der Waals surface area contributed by atoms with Gasteiger partial charge in [0.1, 0.15) is 5.76 Å². The van der Waals surface area contributed by atoms with Crippen molar-refractivity contribution in [3.8, 4) is 0 Å². The van der Waals surface area contributed by atoms with E-state index in [4.69, 9.17) is 4.42 Å². The van der Waals surface area contributed by atoms with Crippen molar-refractivity contribution in [2.45, 2.75) is 39.4 Å². The zero-order chi connectivity index (χ0) is 16.4. The number of amides is 2. The molecule has 2 aromatic rings. The molecule has 0 bridgehead atoms. The highest BCUT2D eigenvalue weighted by Gasteiger charge is 2.32. The Morgan fingerprint density at radius 3 is 3.09 bits per heavy atom. The maximum absolute atomic E-state index is 12.3. The van der Waals surface area contributed by atoms with Gasteiger partial charge in [-0.25, -0.2) is 4.68 Å². The molecule has 0 aromatic carbocycles. The van der Waals surface area contributed by atoms with Crippen LogP contribution in [0.25, 0.3) is 0 Å². The second-order valence-electron chi connectivity index (χ2n) is 6.03. The Kier molecular flexibility index (Phi) is 4.14. The zero-order valence-electron chi connectivity index (χ0n) is 13.1. The summed E-state index contributed by atoms with van der Waals surface area (Å²) in [7, 11) is 0. The number of nitrogens with zero attached hydrogens (tertiary/aromatic N) is 3. The van der Waals surface area contributed by atoms with Crippen molar-refractivity contribution in [2.75, 3.05) is 0 Å². The number of carbonyl (C=O) groups is 2. The fraction of sp³-hybridized carbons (Fsp3) is 0.467. The van der Waals surface area contributed by atoms with E-state index in [-0.39, 0.29) is 29.9 Å². The second-order valence-corrected chi connectivity index (χ2v) is 6.03. The first-order chi connectivity index (χ1) is 11.0. The number of carbonyl (C=O) groups excluding carboxylic acids is 2. The Hall–Kier alpha value is -2.64. The highest BCUT2D eigenvalue weighted by Crippen LogP contribution is 2.16. The fourth-order valence-corrected chi connectivity index (χ4v) is 2.69. The van der Waals surface area contributed by atoms with Crippen LogP contribution in [0.1, 0.15) is 47.0 Å². The molecule has 0 spiro atoms. The van der Waals surface area contributed by atoms with Gasteiger partial charge >= 0.3 is 0 Å². The van der Waals surface area contributed by atoms with Crippen LogP contribution in [-0.4, -0.2) is 32.9 Å². The van der Waals surface area contributed by atoms with E-state index in [9.17, 15) is 9.59 Å². The molecule has 1 aliphatic heterocycles. The van der Waals surface area contributed by atoms with Gasteiger partial charge in [0.15, 0.2) is 11.4 Å². The molecule has 0 aliphatic carbocycles. The summed E-state index contributed by atoms with van der Waals surface area (Å²) >= 11 is 0. The number of nitrogens with one attached hydrogen (secondary N) is 2. The summed E-state index contributed by atoms with van der Waals surface area (Å²) in [5.74, 6) is 0.331. The van der Waals surface area contributed by atoms with Crippen LogP contribution in [0, 0.1) is 5.92 Å². The summed E-state index contributed by atoms with van der Waals surface area (Å²) in [5, 5.41) is 13.4. The largest absolute Gasteiger partial charge is 0.467 e. The van der Waals surface area contributed by atoms with E-state index in [1.54, 1.807) is 12.1 Å². The lowest BCUT2D eigenvalue weighted by Gasteiger charge is -2.25. The molecule has 0 unspecified atom stereocenters. The average Bonchev–Trinajstić information content (AvgIpc) is 3.13. The molecule has 23 heavy (non-hydrogen) atoms. The SMILES string of the molecule is CC(C)C[C@H]1Cn2nnc(C(=O)NCc3ccco3)c2C(=O)N1. The third-order valence-corrected chi connectivity index (χ3v) is 3.65. The van der Waals surface area contributed by atoms with Gasteiger partial charge < -0.3 is 15.1 Å². The van der Waals surface area contributed by atoms with Gasteiger partial charge in [0.05, 0.1) is 19.4 Å². The molecule has 122 valence electrons. The standard InChI is InChI=1S/C15H19N5O3/c1-9(2)6-10-8-20-13(15(22)17-10)12(18-19-20)14(21)16-7-11-4-3-5-23-11/h3-5,9-10H,6-8H2,1-2H3,(H,16,21)(H,17,22)/t10-/m0/s1. The molecule has 3 rings (SSSR count). The van der Waals surface area contributed by atoms with Crippen LogP contribution in [0.15, 0.2) is 22.8 Å². The van der Waals surface area contributed by atoms with Crippen molar-refractivity contribution in [3.05, 3.63) is 35.5 Å². The van der Waals surface area contributed by atoms with E-state index in [1.807, 2.05) is 0 Å². The second kappa shape index (κ2) is 6.23. The first-order valence-electron chi connectivity index (χ1n) is 7.59. The van der Waals surface area contributed by atoms with Gasteiger partial charge in [0.2, 0.25) is 0 Å². The smallest absolute Gasteiger partial charge is 0.274 e. The van der Waals surface area contributed by atoms with Crippen LogP contribution in [-0.2, 0) is 13.1 Å². The maximum Gasteiger partial charge on any atom is 0.274 e. The first-order valence-corrected chi connectivity index (χ1v) is 7.59. The van der Waals surface area contributed by atoms with E-state index >= 15 is 0 Å². The molecular formula is C15H19N5O3. The first kappa shape index (κ1) is 15.3. The van der Waals surface area contributed by atoms with Crippen molar-refractivity contribution >= 4 is 11.8 Å². The fourth-order valence-electron chi connectivity index (χ4n) is 2.69. The predicted molar refractivity (Wildman–Crippen MR) is 80.6 cm³/mol. The third-order valence-electron chi connectivity index (χ3n) is 3.65. The molecule has 3 heterocycles. The Bertz CT molecular complexity index is 705. The topological polar surface area (TPSA) is 102 Å². The number of hydrogen-bond donors (Lipinski definition) is 2. The molecule has 2 N–H and O–H groups in total. The molecule has 8 heteroatoms. The van der Waals surface area contributed by atoms with Crippen molar-refractivity contribution in [1.82, 2.24) is 25.6 Å². The summed E-state index contributed by atoms with van der Waals surface area (Å²) < 4.78 is 6.66. The van der Waals surface area contributed by atoms with E-state index < -0.39 is 5.91 Å². The molecule has 2 amide bonds. The maximum atomic E-state index is 12.3. The number of rotatable bonds is 5. The van der Waals surface area contributed by atoms with Gasteiger partial charge in [-0.15, -0.1) is 5.10 Å². The van der Waals surface area contributed by atoms with E-state index in [1.165, 1.54) is 10.9 Å². The van der Waals surface area contributed by atoms with Crippen molar-refractivity contribution in [1.29, 1.82) is 0 Å². The Balaban J connectivity index is 1.72. The number of aromatic nitrogens is 3. The van der Waals surface area contributed by atoms with Gasteiger partial charge in [0, 0.05) is 6.04 Å². The summed E-state index contributed by atoms with van der Waals surface area (Å²) in [6, 6.07) is 3.50. The third kappa shape index (κ3) is 3.25. The lowest BCUT2D eigenvalue weighted by atomic mass is 10.0. The van der Waals surface area contributed by atoms with Gasteiger partial charge in [-0.3, -0.25) is 9.59 Å². The number of fused-ring (bicyclic) bond motifs is 1. The summed E-state index contributed by atoms with van der Waals surface area (Å²) in [6.07, 6.45) is 2.38. The average molecular weight is 317 g/mol. The minimum absolute atomic E-state index is 0.00994. The molecule has 2 aromatic heterocycles. The van der Waals surface area contributed by atoms with Gasteiger partial charge in [-0.05, 0) is 24.5 Å². The van der Waals surface area contributed by atoms with E-state index in [0.717, 1.165) is 6.42 Å². The predicted octanol–water partition coefficient (Wildman–Crippen LogP) is 0.959. The number of hydrogen-bond acceptors (Lipinski definition) is 5. The van der Waals surface area contributed by atoms with Crippen molar-refractivity contribution in [2.24, 2.45) is 5.92 Å². The molecule has 0 radical (unpaired) electrons. The van der Waals surface area contributed by atoms with Crippen LogP contribution < -0.4 is 10.6 Å². The Morgan fingerprint density at radius 2 is 2.39 bits per heavy atom. The normalized spacial score (nSPS) is 17.0. The zero-order valence-corrected chi connectivity index (χ0v) is 13.1. The van der Waals surface area contributed by atoms with Crippen LogP contribution in [0.3, 0.4) is 0 Å². The van der Waals surface area contributed by atoms with Gasteiger partial charge in [0.25, 0.3) is 11.8 Å². The molecular weight excluding hydrogens is 298 g/mol. The molecule has 8 nitrogen and oxygen atoms in total. The molecule has 1 atom stereocenters. The lowest BCUT2D eigenvalue weighted by molar-refractivity contribution is 0.0869. The quantitative estimate of drug-likeness (QED) is 0.855. The van der Waals surface area contributed by atoms with Crippen LogP contribution in [0.4, 0.5) is 0 Å². The Labute approximate surface area is 133 Å². The summed E-state index contributed by atoms with van der Waals surface area (Å²) in [4.78, 5) is 24.5. The lowest BCUT2D eigenvalue weighted by Crippen LogP contribution is -2.46. The van der Waals surface area contributed by atoms with Crippen LogP contribution in [0.2, 0.25) is 0 Å². The van der Waals surface area contributed by atoms with Gasteiger partial charge in [-0.1, -0.05) is 19.1 Å². The van der Waals surface area contributed by atoms with Gasteiger partial charge in [-0.2, -0.15) is 0 Å². The monoisotopic (exact) mass is 317 g/mol. The molecule has 0 saturated heterocycles. The van der Waals surface area contributed by atoms with E-state index in [2.05, 4.69) is 34.8 Å². The highest BCUT2D eigenvalue weighted by molar-refractivity contribution is 6.05. The minimum atomic E-state index is -0.444. The van der Waals surface area contributed by atoms with Crippen molar-refractivity contribution < 1.29 is 14.0 Å². The summed E-state index contributed by atoms with van der Waals surface area (Å²) in [5.41, 5.74) is 0.249. The van der Waals surface area contributed by atoms with Crippen LogP contribution in [0.5, 0.6) is 0 Å². The molecule has 1 aliphatic rings. The van der Waals surface area contributed by atoms with E-state index in [0.29, 0.717) is 18.2 Å². The number of furan rings is 1. The van der Waals surface area contributed by atoms with Crippen molar-refractivity contribution in [3.63, 3.8) is 0 Å².